The van der Waals surface area contributed by atoms with Crippen molar-refractivity contribution in [2.45, 2.75) is 6.54 Å². The van der Waals surface area contributed by atoms with Crippen molar-refractivity contribution in [2.24, 2.45) is 0 Å². The molecule has 4 rings (SSSR count). The van der Waals surface area contributed by atoms with E-state index in [1.807, 2.05) is 65.4 Å². The number of nitrogens with zero attached hydrogens (tertiary/aromatic N) is 3. The van der Waals surface area contributed by atoms with E-state index in [0.717, 1.165) is 15.4 Å². The summed E-state index contributed by atoms with van der Waals surface area (Å²) >= 11 is 3.17. The first-order valence-electron chi connectivity index (χ1n) is 7.68. The largest absolute Gasteiger partial charge is 0.344 e. The SMILES string of the molecule is O=C(NCc1cccs1)c1nc(-c2cccs2)n(-c2ccccc2)n1. The summed E-state index contributed by atoms with van der Waals surface area (Å²) in [6.07, 6.45) is 0. The Kier molecular flexibility index (Phi) is 4.41. The minimum atomic E-state index is -0.277. The van der Waals surface area contributed by atoms with Gasteiger partial charge in [0.25, 0.3) is 5.91 Å². The summed E-state index contributed by atoms with van der Waals surface area (Å²) in [5.41, 5.74) is 0.871. The Bertz CT molecular complexity index is 960. The van der Waals surface area contributed by atoms with Crippen molar-refractivity contribution < 1.29 is 4.79 Å². The van der Waals surface area contributed by atoms with Crippen molar-refractivity contribution in [3.05, 3.63) is 76.1 Å². The van der Waals surface area contributed by atoms with E-state index in [4.69, 9.17) is 0 Å². The van der Waals surface area contributed by atoms with Gasteiger partial charge in [-0.05, 0) is 35.0 Å². The molecule has 0 aliphatic carbocycles. The molecule has 0 spiro atoms. The lowest BCUT2D eigenvalue weighted by molar-refractivity contribution is 0.0941. The Labute approximate surface area is 152 Å². The lowest BCUT2D eigenvalue weighted by atomic mass is 10.3. The highest BCUT2D eigenvalue weighted by Crippen LogP contribution is 2.25. The summed E-state index contributed by atoms with van der Waals surface area (Å²) in [5, 5.41) is 11.3. The Morgan fingerprint density at radius 2 is 1.80 bits per heavy atom. The highest BCUT2D eigenvalue weighted by Gasteiger charge is 2.19. The van der Waals surface area contributed by atoms with Gasteiger partial charge >= 0.3 is 0 Å². The number of rotatable bonds is 5. The molecule has 0 saturated carbocycles. The van der Waals surface area contributed by atoms with Crippen molar-refractivity contribution in [3.63, 3.8) is 0 Å². The zero-order valence-electron chi connectivity index (χ0n) is 13.1. The van der Waals surface area contributed by atoms with E-state index in [1.165, 1.54) is 0 Å². The number of thiophene rings is 2. The van der Waals surface area contributed by atoms with Crippen molar-refractivity contribution >= 4 is 28.6 Å². The van der Waals surface area contributed by atoms with Crippen LogP contribution >= 0.6 is 22.7 Å². The molecule has 1 aromatic carbocycles. The van der Waals surface area contributed by atoms with Gasteiger partial charge in [-0.15, -0.1) is 27.8 Å². The van der Waals surface area contributed by atoms with Crippen molar-refractivity contribution in [3.8, 4) is 16.4 Å². The van der Waals surface area contributed by atoms with E-state index in [-0.39, 0.29) is 11.7 Å². The van der Waals surface area contributed by atoms with Gasteiger partial charge in [0.05, 0.1) is 17.1 Å². The minimum Gasteiger partial charge on any atom is -0.344 e. The molecule has 5 nitrogen and oxygen atoms in total. The van der Waals surface area contributed by atoms with Crippen LogP contribution in [0.1, 0.15) is 15.5 Å². The van der Waals surface area contributed by atoms with Crippen LogP contribution in [0.3, 0.4) is 0 Å². The van der Waals surface area contributed by atoms with Gasteiger partial charge < -0.3 is 5.32 Å². The van der Waals surface area contributed by atoms with Crippen molar-refractivity contribution in [1.82, 2.24) is 20.1 Å². The number of nitrogens with one attached hydrogen (secondary N) is 1. The monoisotopic (exact) mass is 366 g/mol. The number of carbonyl (C=O) groups excluding carboxylic acids is 1. The lowest BCUT2D eigenvalue weighted by Crippen LogP contribution is -2.23. The molecule has 0 unspecified atom stereocenters. The van der Waals surface area contributed by atoms with Crippen molar-refractivity contribution in [2.75, 3.05) is 0 Å². The highest BCUT2D eigenvalue weighted by atomic mass is 32.1. The zero-order valence-corrected chi connectivity index (χ0v) is 14.8. The second-order valence-corrected chi connectivity index (χ2v) is 7.23. The molecule has 4 aromatic rings. The fourth-order valence-corrected chi connectivity index (χ4v) is 3.73. The summed E-state index contributed by atoms with van der Waals surface area (Å²) in [6.45, 7) is 0.477. The highest BCUT2D eigenvalue weighted by molar-refractivity contribution is 7.13. The second-order valence-electron chi connectivity index (χ2n) is 5.25. The summed E-state index contributed by atoms with van der Waals surface area (Å²) in [6, 6.07) is 17.6. The van der Waals surface area contributed by atoms with Crippen LogP contribution in [0.25, 0.3) is 16.4 Å². The van der Waals surface area contributed by atoms with Gasteiger partial charge in [-0.25, -0.2) is 9.67 Å². The number of amides is 1. The normalized spacial score (nSPS) is 10.7. The van der Waals surface area contributed by atoms with E-state index in [1.54, 1.807) is 27.4 Å². The minimum absolute atomic E-state index is 0.170. The number of carbonyl (C=O) groups is 1. The second kappa shape index (κ2) is 7.00. The fourth-order valence-electron chi connectivity index (χ4n) is 2.38. The zero-order chi connectivity index (χ0) is 17.1. The average molecular weight is 366 g/mol. The summed E-state index contributed by atoms with van der Waals surface area (Å²) in [4.78, 5) is 19.0. The van der Waals surface area contributed by atoms with Crippen LogP contribution in [0.4, 0.5) is 0 Å². The van der Waals surface area contributed by atoms with E-state index in [9.17, 15) is 4.79 Å². The number of benzene rings is 1. The first kappa shape index (κ1) is 15.7. The van der Waals surface area contributed by atoms with Crippen LogP contribution < -0.4 is 5.32 Å². The predicted octanol–water partition coefficient (Wildman–Crippen LogP) is 3.99. The maximum absolute atomic E-state index is 12.5. The third-order valence-electron chi connectivity index (χ3n) is 3.56. The van der Waals surface area contributed by atoms with Gasteiger partial charge in [-0.3, -0.25) is 4.79 Å². The Morgan fingerprint density at radius 1 is 1.00 bits per heavy atom. The van der Waals surface area contributed by atoms with Crippen LogP contribution in [0, 0.1) is 0 Å². The maximum Gasteiger partial charge on any atom is 0.291 e. The van der Waals surface area contributed by atoms with Crippen LogP contribution in [0.2, 0.25) is 0 Å². The molecular formula is C18H14N4OS2. The summed E-state index contributed by atoms with van der Waals surface area (Å²) in [5.74, 6) is 0.562. The quantitative estimate of drug-likeness (QED) is 0.581. The third kappa shape index (κ3) is 3.38. The van der Waals surface area contributed by atoms with Gasteiger partial charge in [0, 0.05) is 4.88 Å². The molecule has 0 saturated heterocycles. The molecule has 0 atom stereocenters. The number of hydrogen-bond acceptors (Lipinski definition) is 5. The molecule has 0 bridgehead atoms. The predicted molar refractivity (Wildman–Crippen MR) is 100 cm³/mol. The molecule has 3 aromatic heterocycles. The molecule has 0 aliphatic heterocycles. The molecular weight excluding hydrogens is 352 g/mol. The number of aromatic nitrogens is 3. The van der Waals surface area contributed by atoms with Crippen molar-refractivity contribution in [1.29, 1.82) is 0 Å². The van der Waals surface area contributed by atoms with E-state index >= 15 is 0 Å². The maximum atomic E-state index is 12.5. The van der Waals surface area contributed by atoms with Gasteiger partial charge in [-0.1, -0.05) is 30.3 Å². The molecule has 0 aliphatic rings. The lowest BCUT2D eigenvalue weighted by Gasteiger charge is -2.03. The summed E-state index contributed by atoms with van der Waals surface area (Å²) < 4.78 is 1.71. The van der Waals surface area contributed by atoms with Crippen LogP contribution in [-0.2, 0) is 6.54 Å². The molecule has 1 N–H and O–H groups in total. The van der Waals surface area contributed by atoms with Gasteiger partial charge in [-0.2, -0.15) is 0 Å². The Balaban J connectivity index is 1.66. The van der Waals surface area contributed by atoms with Gasteiger partial charge in [0.1, 0.15) is 0 Å². The van der Waals surface area contributed by atoms with Gasteiger partial charge in [0.2, 0.25) is 5.82 Å². The average Bonchev–Trinajstić information content (AvgIpc) is 3.41. The molecule has 0 fully saturated rings. The smallest absolute Gasteiger partial charge is 0.291 e. The van der Waals surface area contributed by atoms with Crippen LogP contribution in [0.15, 0.2) is 65.4 Å². The third-order valence-corrected chi connectivity index (χ3v) is 5.30. The van der Waals surface area contributed by atoms with Crippen LogP contribution in [0.5, 0.6) is 0 Å². The topological polar surface area (TPSA) is 59.8 Å². The molecule has 25 heavy (non-hydrogen) atoms. The molecule has 7 heteroatoms. The van der Waals surface area contributed by atoms with E-state index in [2.05, 4.69) is 15.4 Å². The molecule has 3 heterocycles. The summed E-state index contributed by atoms with van der Waals surface area (Å²) in [7, 11) is 0. The number of hydrogen-bond donors (Lipinski definition) is 1. The van der Waals surface area contributed by atoms with Gasteiger partial charge in [0.15, 0.2) is 5.82 Å². The standard InChI is InChI=1S/C18H14N4OS2/c23-18(19-12-14-8-4-10-24-14)16-20-17(15-9-5-11-25-15)22(21-16)13-6-2-1-3-7-13/h1-11H,12H2,(H,19,23). The molecule has 124 valence electrons. The van der Waals surface area contributed by atoms with Crippen LogP contribution in [-0.4, -0.2) is 20.7 Å². The first-order valence-corrected chi connectivity index (χ1v) is 9.44. The fraction of sp³-hybridized carbons (Fsp3) is 0.0556. The first-order chi connectivity index (χ1) is 12.3. The van der Waals surface area contributed by atoms with E-state index < -0.39 is 0 Å². The molecule has 1 amide bonds. The Morgan fingerprint density at radius 3 is 2.52 bits per heavy atom. The molecule has 0 radical (unpaired) electrons. The number of para-hydroxylation sites is 1. The van der Waals surface area contributed by atoms with E-state index in [0.29, 0.717) is 12.4 Å². The Hall–Kier alpha value is -2.77.